The van der Waals surface area contributed by atoms with Crippen LogP contribution in [-0.2, 0) is 4.74 Å². The first kappa shape index (κ1) is 19.0. The van der Waals surface area contributed by atoms with Crippen molar-refractivity contribution in [2.24, 2.45) is 10.9 Å². The van der Waals surface area contributed by atoms with E-state index in [0.29, 0.717) is 32.2 Å². The summed E-state index contributed by atoms with van der Waals surface area (Å²) in [5.41, 5.74) is 0. The largest absolute Gasteiger partial charge is 0.401 e. The van der Waals surface area contributed by atoms with E-state index in [1.807, 2.05) is 6.92 Å². The molecule has 8 heteroatoms. The van der Waals surface area contributed by atoms with Gasteiger partial charge in [-0.25, -0.2) is 0 Å². The third kappa shape index (κ3) is 8.43. The van der Waals surface area contributed by atoms with Crippen molar-refractivity contribution < 1.29 is 17.9 Å². The number of methoxy groups -OCH3 is 1. The molecule has 1 rings (SSSR count). The fourth-order valence-electron chi connectivity index (χ4n) is 2.44. The van der Waals surface area contributed by atoms with E-state index in [4.69, 9.17) is 4.74 Å². The number of halogens is 3. The summed E-state index contributed by atoms with van der Waals surface area (Å²) in [6.45, 7) is 4.86. The summed E-state index contributed by atoms with van der Waals surface area (Å²) in [6, 6.07) is 0. The smallest absolute Gasteiger partial charge is 0.385 e. The summed E-state index contributed by atoms with van der Waals surface area (Å²) >= 11 is 0. The summed E-state index contributed by atoms with van der Waals surface area (Å²) in [4.78, 5) is 5.93. The van der Waals surface area contributed by atoms with Gasteiger partial charge in [0.2, 0.25) is 0 Å². The van der Waals surface area contributed by atoms with Crippen molar-refractivity contribution in [2.75, 3.05) is 53.0 Å². The van der Waals surface area contributed by atoms with Crippen molar-refractivity contribution in [3.05, 3.63) is 0 Å². The number of hydrogen-bond donors (Lipinski definition) is 2. The summed E-state index contributed by atoms with van der Waals surface area (Å²) in [6.07, 6.45) is -2.47. The Balaban J connectivity index is 2.33. The molecule has 0 bridgehead atoms. The normalized spacial score (nSPS) is 20.4. The maximum absolute atomic E-state index is 12.4. The maximum atomic E-state index is 12.4. The predicted octanol–water partition coefficient (Wildman–Crippen LogP) is 1.46. The molecule has 130 valence electrons. The highest BCUT2D eigenvalue weighted by Gasteiger charge is 2.34. The molecule has 0 amide bonds. The molecule has 0 aromatic carbocycles. The van der Waals surface area contributed by atoms with Crippen molar-refractivity contribution in [2.45, 2.75) is 25.9 Å². The number of likely N-dealkylation sites (tertiary alicyclic amines) is 1. The molecule has 1 atom stereocenters. The number of alkyl halides is 3. The van der Waals surface area contributed by atoms with E-state index in [1.165, 1.54) is 4.90 Å². The van der Waals surface area contributed by atoms with Gasteiger partial charge in [-0.3, -0.25) is 9.89 Å². The van der Waals surface area contributed by atoms with Gasteiger partial charge in [-0.1, -0.05) is 0 Å². The second-order valence-corrected chi connectivity index (χ2v) is 5.50. The van der Waals surface area contributed by atoms with Gasteiger partial charge in [-0.05, 0) is 32.2 Å². The molecule has 2 N–H and O–H groups in total. The molecule has 22 heavy (non-hydrogen) atoms. The van der Waals surface area contributed by atoms with Gasteiger partial charge in [-0.15, -0.1) is 0 Å². The van der Waals surface area contributed by atoms with E-state index >= 15 is 0 Å². The SMILES string of the molecule is CCNC(=NCC1CCN(CC(F)(F)F)C1)NCCCOC. The van der Waals surface area contributed by atoms with Crippen LogP contribution in [0.4, 0.5) is 13.2 Å². The number of nitrogens with zero attached hydrogens (tertiary/aromatic N) is 2. The van der Waals surface area contributed by atoms with Crippen LogP contribution in [0.25, 0.3) is 0 Å². The number of ether oxygens (including phenoxy) is 1. The van der Waals surface area contributed by atoms with E-state index in [0.717, 1.165) is 25.9 Å². The van der Waals surface area contributed by atoms with Crippen LogP contribution in [-0.4, -0.2) is 70.0 Å². The Kier molecular flexibility index (Phi) is 8.55. The summed E-state index contributed by atoms with van der Waals surface area (Å²) in [5, 5.41) is 6.33. The number of aliphatic imine (C=N–C) groups is 1. The Hall–Kier alpha value is -1.02. The lowest BCUT2D eigenvalue weighted by molar-refractivity contribution is -0.143. The minimum Gasteiger partial charge on any atom is -0.385 e. The molecule has 5 nitrogen and oxygen atoms in total. The van der Waals surface area contributed by atoms with E-state index in [2.05, 4.69) is 15.6 Å². The standard InChI is InChI=1S/C14H27F3N4O/c1-3-18-13(19-6-4-8-22-2)20-9-12-5-7-21(10-12)11-14(15,16)17/h12H,3-11H2,1-2H3,(H2,18,19,20). The van der Waals surface area contributed by atoms with Crippen molar-refractivity contribution in [1.82, 2.24) is 15.5 Å². The van der Waals surface area contributed by atoms with Crippen molar-refractivity contribution >= 4 is 5.96 Å². The molecule has 1 aliphatic rings. The first-order valence-corrected chi connectivity index (χ1v) is 7.74. The first-order chi connectivity index (χ1) is 10.4. The quantitative estimate of drug-likeness (QED) is 0.403. The van der Waals surface area contributed by atoms with Gasteiger partial charge >= 0.3 is 6.18 Å². The molecule has 0 aromatic rings. The van der Waals surface area contributed by atoms with Crippen molar-refractivity contribution in [3.8, 4) is 0 Å². The zero-order valence-corrected chi connectivity index (χ0v) is 13.4. The summed E-state index contributed by atoms with van der Waals surface area (Å²) in [7, 11) is 1.66. The molecular formula is C14H27F3N4O. The molecule has 0 spiro atoms. The number of hydrogen-bond acceptors (Lipinski definition) is 3. The Morgan fingerprint density at radius 3 is 2.77 bits per heavy atom. The lowest BCUT2D eigenvalue weighted by atomic mass is 10.1. The monoisotopic (exact) mass is 324 g/mol. The fourth-order valence-corrected chi connectivity index (χ4v) is 2.44. The second-order valence-electron chi connectivity index (χ2n) is 5.50. The van der Waals surface area contributed by atoms with Crippen LogP contribution in [0.1, 0.15) is 19.8 Å². The van der Waals surface area contributed by atoms with Gasteiger partial charge in [0, 0.05) is 39.9 Å². The number of guanidine groups is 1. The van der Waals surface area contributed by atoms with E-state index < -0.39 is 12.7 Å². The minimum absolute atomic E-state index is 0.191. The summed E-state index contributed by atoms with van der Waals surface area (Å²) < 4.78 is 42.0. The Morgan fingerprint density at radius 1 is 1.36 bits per heavy atom. The maximum Gasteiger partial charge on any atom is 0.401 e. The molecule has 1 heterocycles. The lowest BCUT2D eigenvalue weighted by Gasteiger charge is -2.17. The average Bonchev–Trinajstić information content (AvgIpc) is 2.86. The zero-order valence-electron chi connectivity index (χ0n) is 13.4. The summed E-state index contributed by atoms with van der Waals surface area (Å²) in [5.74, 6) is 0.907. The highest BCUT2D eigenvalue weighted by molar-refractivity contribution is 5.79. The van der Waals surface area contributed by atoms with Crippen LogP contribution in [0, 0.1) is 5.92 Å². The number of rotatable bonds is 8. The molecular weight excluding hydrogens is 297 g/mol. The van der Waals surface area contributed by atoms with E-state index in [-0.39, 0.29) is 5.92 Å². The number of nitrogens with one attached hydrogen (secondary N) is 2. The van der Waals surface area contributed by atoms with Crippen LogP contribution in [0.3, 0.4) is 0 Å². The van der Waals surface area contributed by atoms with Gasteiger partial charge in [0.1, 0.15) is 0 Å². The van der Waals surface area contributed by atoms with Crippen LogP contribution >= 0.6 is 0 Å². The van der Waals surface area contributed by atoms with Crippen LogP contribution < -0.4 is 10.6 Å². The average molecular weight is 324 g/mol. The molecule has 1 saturated heterocycles. The Bertz CT molecular complexity index is 337. The third-order valence-electron chi connectivity index (χ3n) is 3.44. The lowest BCUT2D eigenvalue weighted by Crippen LogP contribution is -2.38. The Morgan fingerprint density at radius 2 is 2.14 bits per heavy atom. The minimum atomic E-state index is -4.12. The van der Waals surface area contributed by atoms with Gasteiger partial charge < -0.3 is 15.4 Å². The van der Waals surface area contributed by atoms with E-state index in [1.54, 1.807) is 7.11 Å². The van der Waals surface area contributed by atoms with Crippen LogP contribution in [0.5, 0.6) is 0 Å². The van der Waals surface area contributed by atoms with Gasteiger partial charge in [0.15, 0.2) is 5.96 Å². The molecule has 0 radical (unpaired) electrons. The van der Waals surface area contributed by atoms with Crippen LogP contribution in [0.15, 0.2) is 4.99 Å². The van der Waals surface area contributed by atoms with Gasteiger partial charge in [-0.2, -0.15) is 13.2 Å². The molecule has 1 unspecified atom stereocenters. The molecule has 0 saturated carbocycles. The predicted molar refractivity (Wildman–Crippen MR) is 81.1 cm³/mol. The molecule has 1 fully saturated rings. The van der Waals surface area contributed by atoms with Gasteiger partial charge in [0.05, 0.1) is 6.54 Å². The fraction of sp³-hybridized carbons (Fsp3) is 0.929. The van der Waals surface area contributed by atoms with Crippen LogP contribution in [0.2, 0.25) is 0 Å². The third-order valence-corrected chi connectivity index (χ3v) is 3.44. The molecule has 0 aromatic heterocycles. The van der Waals surface area contributed by atoms with Crippen molar-refractivity contribution in [3.63, 3.8) is 0 Å². The highest BCUT2D eigenvalue weighted by atomic mass is 19.4. The first-order valence-electron chi connectivity index (χ1n) is 7.74. The molecule has 1 aliphatic heterocycles. The van der Waals surface area contributed by atoms with Crippen molar-refractivity contribution in [1.29, 1.82) is 0 Å². The van der Waals surface area contributed by atoms with E-state index in [9.17, 15) is 13.2 Å². The van der Waals surface area contributed by atoms with Gasteiger partial charge in [0.25, 0.3) is 0 Å². The molecule has 0 aliphatic carbocycles. The zero-order chi connectivity index (χ0) is 16.4. The topological polar surface area (TPSA) is 48.9 Å². The second kappa shape index (κ2) is 9.89. The highest BCUT2D eigenvalue weighted by Crippen LogP contribution is 2.22. The Labute approximate surface area is 130 Å².